The lowest BCUT2D eigenvalue weighted by Gasteiger charge is -2.30. The minimum atomic E-state index is 0.439. The van der Waals surface area contributed by atoms with E-state index in [1.807, 2.05) is 0 Å². The molecule has 0 N–H and O–H groups in total. The second-order valence-corrected chi connectivity index (χ2v) is 3.56. The molecule has 65 valence electrons. The molecule has 0 amide bonds. The molecule has 2 unspecified atom stereocenters. The van der Waals surface area contributed by atoms with Gasteiger partial charge in [0.05, 0.1) is 19.3 Å². The molecule has 0 bridgehead atoms. The van der Waals surface area contributed by atoms with Crippen molar-refractivity contribution in [2.24, 2.45) is 5.92 Å². The van der Waals surface area contributed by atoms with Gasteiger partial charge in [0, 0.05) is 6.04 Å². The number of rotatable bonds is 2. The van der Waals surface area contributed by atoms with Crippen LogP contribution in [0.2, 0.25) is 0 Å². The molecule has 1 fully saturated rings. The van der Waals surface area contributed by atoms with E-state index in [1.165, 1.54) is 0 Å². The molecule has 11 heavy (non-hydrogen) atoms. The van der Waals surface area contributed by atoms with Gasteiger partial charge in [0.2, 0.25) is 0 Å². The first-order valence-corrected chi connectivity index (χ1v) is 4.51. The third-order valence-corrected chi connectivity index (χ3v) is 2.24. The van der Waals surface area contributed by atoms with Crippen LogP contribution in [0.3, 0.4) is 0 Å². The number of hydrogen-bond donors (Lipinski definition) is 0. The zero-order valence-corrected chi connectivity index (χ0v) is 7.71. The quantitative estimate of drug-likeness (QED) is 0.593. The minimum Gasteiger partial charge on any atom is -0.378 e. The molecule has 2 heteroatoms. The Balaban J connectivity index is 2.33. The predicted octanol–water partition coefficient (Wildman–Crippen LogP) is 1.42. The van der Waals surface area contributed by atoms with Crippen molar-refractivity contribution in [3.8, 4) is 0 Å². The van der Waals surface area contributed by atoms with E-state index in [0.29, 0.717) is 18.0 Å². The predicted molar refractivity (Wildman–Crippen MR) is 45.7 cm³/mol. The van der Waals surface area contributed by atoms with Crippen LogP contribution in [0.15, 0.2) is 0 Å². The minimum absolute atomic E-state index is 0.439. The second kappa shape index (κ2) is 4.07. The summed E-state index contributed by atoms with van der Waals surface area (Å²) in [6.45, 7) is 8.24. The van der Waals surface area contributed by atoms with E-state index < -0.39 is 0 Å². The van der Waals surface area contributed by atoms with Crippen LogP contribution in [0.4, 0.5) is 0 Å². The summed E-state index contributed by atoms with van der Waals surface area (Å²) in [6.07, 6.45) is 1.11. The Morgan fingerprint density at radius 3 is 2.73 bits per heavy atom. The van der Waals surface area contributed by atoms with E-state index >= 15 is 0 Å². The molecule has 0 aromatic rings. The molecule has 2 atom stereocenters. The largest absolute Gasteiger partial charge is 0.378 e. The van der Waals surface area contributed by atoms with Gasteiger partial charge in [0.25, 0.3) is 0 Å². The number of ether oxygens (including phenoxy) is 1. The summed E-state index contributed by atoms with van der Waals surface area (Å²) in [5, 5.41) is 4.67. The molecule has 0 spiro atoms. The Morgan fingerprint density at radius 2 is 2.18 bits per heavy atom. The SMILES string of the molecule is CCC1COCC(C(C)C)[N]1. The van der Waals surface area contributed by atoms with Gasteiger partial charge in [-0.2, -0.15) is 0 Å². The third kappa shape index (κ3) is 2.46. The first-order valence-electron chi connectivity index (χ1n) is 4.51. The number of hydrogen-bond acceptors (Lipinski definition) is 1. The Bertz CT molecular complexity index is 114. The van der Waals surface area contributed by atoms with Crippen molar-refractivity contribution >= 4 is 0 Å². The maximum Gasteiger partial charge on any atom is 0.0639 e. The Kier molecular flexibility index (Phi) is 3.34. The molecular formula is C9H18NO. The van der Waals surface area contributed by atoms with Gasteiger partial charge in [-0.1, -0.05) is 20.8 Å². The monoisotopic (exact) mass is 156 g/mol. The van der Waals surface area contributed by atoms with E-state index in [1.54, 1.807) is 0 Å². The van der Waals surface area contributed by atoms with Crippen molar-refractivity contribution in [2.45, 2.75) is 39.3 Å². The smallest absolute Gasteiger partial charge is 0.0639 e. The summed E-state index contributed by atoms with van der Waals surface area (Å²) in [5.41, 5.74) is 0. The van der Waals surface area contributed by atoms with E-state index in [9.17, 15) is 0 Å². The van der Waals surface area contributed by atoms with Crippen LogP contribution in [0.25, 0.3) is 0 Å². The lowest BCUT2D eigenvalue weighted by molar-refractivity contribution is 0.0281. The van der Waals surface area contributed by atoms with Gasteiger partial charge in [-0.3, -0.25) is 0 Å². The maximum absolute atomic E-state index is 5.45. The normalized spacial score (nSPS) is 32.7. The van der Waals surface area contributed by atoms with Crippen molar-refractivity contribution in [3.63, 3.8) is 0 Å². The van der Waals surface area contributed by atoms with E-state index in [2.05, 4.69) is 26.1 Å². The van der Waals surface area contributed by atoms with Crippen LogP contribution in [-0.4, -0.2) is 25.3 Å². The molecule has 1 saturated heterocycles. The number of nitrogens with zero attached hydrogens (tertiary/aromatic N) is 1. The van der Waals surface area contributed by atoms with Crippen molar-refractivity contribution in [1.82, 2.24) is 5.32 Å². The molecule has 0 aromatic carbocycles. The van der Waals surface area contributed by atoms with Gasteiger partial charge < -0.3 is 4.74 Å². The first-order chi connectivity index (χ1) is 5.24. The summed E-state index contributed by atoms with van der Waals surface area (Å²) < 4.78 is 5.45. The van der Waals surface area contributed by atoms with Crippen LogP contribution in [0, 0.1) is 5.92 Å². The van der Waals surface area contributed by atoms with Crippen molar-refractivity contribution in [1.29, 1.82) is 0 Å². The Hall–Kier alpha value is -0.0800. The van der Waals surface area contributed by atoms with Crippen LogP contribution < -0.4 is 5.32 Å². The van der Waals surface area contributed by atoms with E-state index in [-0.39, 0.29) is 0 Å². The molecule has 1 radical (unpaired) electrons. The van der Waals surface area contributed by atoms with Gasteiger partial charge >= 0.3 is 0 Å². The standard InChI is InChI=1S/C9H18NO/c1-4-8-5-11-6-9(10-8)7(2)3/h7-9H,4-6H2,1-3H3. The van der Waals surface area contributed by atoms with Crippen LogP contribution in [0.5, 0.6) is 0 Å². The molecule has 1 aliphatic rings. The molecule has 0 aromatic heterocycles. The highest BCUT2D eigenvalue weighted by atomic mass is 16.5. The highest BCUT2D eigenvalue weighted by Gasteiger charge is 2.23. The lowest BCUT2D eigenvalue weighted by Crippen LogP contribution is -2.45. The van der Waals surface area contributed by atoms with Gasteiger partial charge in [0.1, 0.15) is 0 Å². The molecule has 2 nitrogen and oxygen atoms in total. The van der Waals surface area contributed by atoms with E-state index in [0.717, 1.165) is 19.6 Å². The van der Waals surface area contributed by atoms with Crippen LogP contribution in [0.1, 0.15) is 27.2 Å². The van der Waals surface area contributed by atoms with Gasteiger partial charge in [-0.05, 0) is 12.3 Å². The van der Waals surface area contributed by atoms with Crippen molar-refractivity contribution < 1.29 is 4.74 Å². The van der Waals surface area contributed by atoms with E-state index in [4.69, 9.17) is 4.74 Å². The summed E-state index contributed by atoms with van der Waals surface area (Å²) in [5.74, 6) is 0.629. The average molecular weight is 156 g/mol. The van der Waals surface area contributed by atoms with Gasteiger partial charge in [0.15, 0.2) is 0 Å². The zero-order chi connectivity index (χ0) is 8.27. The molecule has 1 rings (SSSR count). The summed E-state index contributed by atoms with van der Waals surface area (Å²) >= 11 is 0. The topological polar surface area (TPSA) is 23.3 Å². The Labute approximate surface area is 69.3 Å². The summed E-state index contributed by atoms with van der Waals surface area (Å²) in [6, 6.07) is 0.893. The zero-order valence-electron chi connectivity index (χ0n) is 7.71. The fraction of sp³-hybridized carbons (Fsp3) is 1.00. The molecule has 0 saturated carbocycles. The summed E-state index contributed by atoms with van der Waals surface area (Å²) in [4.78, 5) is 0. The van der Waals surface area contributed by atoms with Gasteiger partial charge in [-0.25, -0.2) is 5.32 Å². The highest BCUT2D eigenvalue weighted by molar-refractivity contribution is 4.78. The fourth-order valence-electron chi connectivity index (χ4n) is 1.27. The van der Waals surface area contributed by atoms with Crippen LogP contribution in [-0.2, 0) is 4.74 Å². The molecular weight excluding hydrogens is 138 g/mol. The highest BCUT2D eigenvalue weighted by Crippen LogP contribution is 2.11. The summed E-state index contributed by atoms with van der Waals surface area (Å²) in [7, 11) is 0. The van der Waals surface area contributed by atoms with Crippen LogP contribution >= 0.6 is 0 Å². The lowest BCUT2D eigenvalue weighted by atomic mass is 10.0. The average Bonchev–Trinajstić information content (AvgIpc) is 2.05. The molecule has 0 aliphatic carbocycles. The van der Waals surface area contributed by atoms with Crippen molar-refractivity contribution in [2.75, 3.05) is 13.2 Å². The fourth-order valence-corrected chi connectivity index (χ4v) is 1.27. The molecule has 1 aliphatic heterocycles. The maximum atomic E-state index is 5.45. The van der Waals surface area contributed by atoms with Crippen molar-refractivity contribution in [3.05, 3.63) is 0 Å². The number of morpholine rings is 1. The van der Waals surface area contributed by atoms with Gasteiger partial charge in [-0.15, -0.1) is 0 Å². The second-order valence-electron chi connectivity index (χ2n) is 3.56. The Morgan fingerprint density at radius 1 is 1.45 bits per heavy atom. The third-order valence-electron chi connectivity index (χ3n) is 2.24. The molecule has 1 heterocycles. The first kappa shape index (κ1) is 9.01.